The average Bonchev–Trinajstić information content (AvgIpc) is 2.21. The summed E-state index contributed by atoms with van der Waals surface area (Å²) in [5, 5.41) is 2.96. The van der Waals surface area contributed by atoms with Gasteiger partial charge in [0.05, 0.1) is 13.2 Å². The smallest absolute Gasteiger partial charge is 0.408 e. The van der Waals surface area contributed by atoms with E-state index in [-0.39, 0.29) is 0 Å². The Bertz CT molecular complexity index is 518. The summed E-state index contributed by atoms with van der Waals surface area (Å²) in [5.74, 6) is 0. The van der Waals surface area contributed by atoms with Gasteiger partial charge >= 0.3 is 6.09 Å². The van der Waals surface area contributed by atoms with Crippen molar-refractivity contribution in [3.05, 3.63) is 33.8 Å². The highest BCUT2D eigenvalue weighted by molar-refractivity contribution is 9.10. The van der Waals surface area contributed by atoms with Gasteiger partial charge in [0.1, 0.15) is 11.1 Å². The van der Waals surface area contributed by atoms with Crippen molar-refractivity contribution in [3.8, 4) is 0 Å². The molecule has 1 aliphatic rings. The van der Waals surface area contributed by atoms with Crippen molar-refractivity contribution in [1.29, 1.82) is 0 Å². The van der Waals surface area contributed by atoms with Gasteiger partial charge in [0, 0.05) is 4.47 Å². The summed E-state index contributed by atoms with van der Waals surface area (Å²) >= 11 is 3.45. The lowest BCUT2D eigenvalue weighted by Crippen LogP contribution is -2.60. The molecule has 0 radical (unpaired) electrons. The average molecular weight is 342 g/mol. The van der Waals surface area contributed by atoms with Gasteiger partial charge in [0.2, 0.25) is 0 Å². The number of halogens is 1. The van der Waals surface area contributed by atoms with E-state index in [0.717, 1.165) is 15.6 Å². The molecule has 0 atom stereocenters. The summed E-state index contributed by atoms with van der Waals surface area (Å²) in [6.45, 7) is 8.50. The third kappa shape index (κ3) is 3.33. The van der Waals surface area contributed by atoms with Crippen molar-refractivity contribution < 1.29 is 14.3 Å². The Morgan fingerprint density at radius 2 is 2.05 bits per heavy atom. The molecule has 1 aromatic rings. The van der Waals surface area contributed by atoms with Crippen LogP contribution in [0, 0.1) is 6.92 Å². The number of carbonyl (C=O) groups is 1. The molecule has 20 heavy (non-hydrogen) atoms. The summed E-state index contributed by atoms with van der Waals surface area (Å²) in [7, 11) is 0. The second-order valence-electron chi connectivity index (χ2n) is 6.16. The predicted molar refractivity (Wildman–Crippen MR) is 80.7 cm³/mol. The third-order valence-corrected chi connectivity index (χ3v) is 3.63. The number of hydrogen-bond donors (Lipinski definition) is 1. The van der Waals surface area contributed by atoms with Crippen molar-refractivity contribution in [3.63, 3.8) is 0 Å². The highest BCUT2D eigenvalue weighted by Gasteiger charge is 2.43. The van der Waals surface area contributed by atoms with Crippen LogP contribution in [0.5, 0.6) is 0 Å². The number of alkyl carbamates (subject to hydrolysis) is 1. The third-order valence-electron chi connectivity index (χ3n) is 3.14. The van der Waals surface area contributed by atoms with Crippen molar-refractivity contribution in [2.24, 2.45) is 0 Å². The zero-order chi connectivity index (χ0) is 15.0. The molecule has 1 amide bonds. The van der Waals surface area contributed by atoms with Crippen molar-refractivity contribution >= 4 is 22.0 Å². The summed E-state index contributed by atoms with van der Waals surface area (Å²) in [4.78, 5) is 12.0. The molecule has 1 N–H and O–H groups in total. The van der Waals surface area contributed by atoms with Crippen LogP contribution in [0.25, 0.3) is 0 Å². The van der Waals surface area contributed by atoms with Gasteiger partial charge in [-0.3, -0.25) is 0 Å². The Hall–Kier alpha value is -1.07. The van der Waals surface area contributed by atoms with Gasteiger partial charge in [-0.15, -0.1) is 0 Å². The Balaban J connectivity index is 2.20. The second kappa shape index (κ2) is 5.37. The van der Waals surface area contributed by atoms with Crippen LogP contribution in [-0.2, 0) is 15.0 Å². The minimum Gasteiger partial charge on any atom is -0.444 e. The molecule has 0 saturated carbocycles. The van der Waals surface area contributed by atoms with E-state index >= 15 is 0 Å². The van der Waals surface area contributed by atoms with Gasteiger partial charge in [-0.25, -0.2) is 4.79 Å². The first-order chi connectivity index (χ1) is 9.22. The summed E-state index contributed by atoms with van der Waals surface area (Å²) in [5.41, 5.74) is 1.19. The Kier molecular flexibility index (Phi) is 4.12. The lowest BCUT2D eigenvalue weighted by atomic mass is 9.85. The number of carbonyl (C=O) groups excluding carboxylic acids is 1. The summed E-state index contributed by atoms with van der Waals surface area (Å²) < 4.78 is 11.7. The maximum Gasteiger partial charge on any atom is 0.408 e. The monoisotopic (exact) mass is 341 g/mol. The molecule has 2 rings (SSSR count). The molecule has 0 unspecified atom stereocenters. The molecule has 5 heteroatoms. The molecule has 1 aromatic carbocycles. The Morgan fingerprint density at radius 3 is 2.50 bits per heavy atom. The molecule has 0 bridgehead atoms. The maximum atomic E-state index is 12.0. The summed E-state index contributed by atoms with van der Waals surface area (Å²) in [6.07, 6.45) is -0.414. The van der Waals surface area contributed by atoms with Gasteiger partial charge in [-0.2, -0.15) is 0 Å². The number of nitrogens with one attached hydrogen (secondary N) is 1. The molecule has 0 aliphatic carbocycles. The Labute approximate surface area is 128 Å². The lowest BCUT2D eigenvalue weighted by Gasteiger charge is -2.43. The fourth-order valence-electron chi connectivity index (χ4n) is 2.26. The first-order valence-corrected chi connectivity index (χ1v) is 7.37. The first kappa shape index (κ1) is 15.3. The van der Waals surface area contributed by atoms with E-state index in [9.17, 15) is 4.79 Å². The van der Waals surface area contributed by atoms with Crippen LogP contribution >= 0.6 is 15.9 Å². The summed E-state index contributed by atoms with van der Waals surface area (Å²) in [6, 6.07) is 6.02. The molecule has 0 spiro atoms. The highest BCUT2D eigenvalue weighted by Crippen LogP contribution is 2.33. The molecule has 1 heterocycles. The number of aryl methyl sites for hydroxylation is 1. The zero-order valence-corrected chi connectivity index (χ0v) is 13.8. The molecule has 1 saturated heterocycles. The maximum absolute atomic E-state index is 12.0. The van der Waals surface area contributed by atoms with E-state index < -0.39 is 17.2 Å². The largest absolute Gasteiger partial charge is 0.444 e. The molecular formula is C15H20BrNO3. The van der Waals surface area contributed by atoms with E-state index in [0.29, 0.717) is 13.2 Å². The number of amides is 1. The van der Waals surface area contributed by atoms with E-state index in [4.69, 9.17) is 9.47 Å². The van der Waals surface area contributed by atoms with Crippen molar-refractivity contribution in [2.45, 2.75) is 38.8 Å². The SMILES string of the molecule is Cc1cc(Br)ccc1C1(NC(=O)OC(C)(C)C)COC1. The topological polar surface area (TPSA) is 47.6 Å². The first-order valence-electron chi connectivity index (χ1n) is 6.57. The molecule has 110 valence electrons. The molecule has 1 fully saturated rings. The van der Waals surface area contributed by atoms with E-state index in [1.165, 1.54) is 0 Å². The van der Waals surface area contributed by atoms with Crippen LogP contribution < -0.4 is 5.32 Å². The van der Waals surface area contributed by atoms with Crippen LogP contribution in [0.15, 0.2) is 22.7 Å². The quantitative estimate of drug-likeness (QED) is 0.895. The van der Waals surface area contributed by atoms with Crippen molar-refractivity contribution in [1.82, 2.24) is 5.32 Å². The van der Waals surface area contributed by atoms with Gasteiger partial charge in [-0.1, -0.05) is 22.0 Å². The van der Waals surface area contributed by atoms with Gasteiger partial charge in [-0.05, 0) is 51.0 Å². The van der Waals surface area contributed by atoms with Crippen LogP contribution in [0.2, 0.25) is 0 Å². The Morgan fingerprint density at radius 1 is 1.40 bits per heavy atom. The van der Waals surface area contributed by atoms with E-state index in [1.807, 2.05) is 45.9 Å². The van der Waals surface area contributed by atoms with Crippen molar-refractivity contribution in [2.75, 3.05) is 13.2 Å². The molecule has 0 aromatic heterocycles. The fraction of sp³-hybridized carbons (Fsp3) is 0.533. The fourth-order valence-corrected chi connectivity index (χ4v) is 2.74. The van der Waals surface area contributed by atoms with E-state index in [2.05, 4.69) is 21.2 Å². The lowest BCUT2D eigenvalue weighted by molar-refractivity contribution is -0.0800. The van der Waals surface area contributed by atoms with Crippen LogP contribution in [0.1, 0.15) is 31.9 Å². The number of benzene rings is 1. The van der Waals surface area contributed by atoms with Gasteiger partial charge in [0.25, 0.3) is 0 Å². The van der Waals surface area contributed by atoms with E-state index in [1.54, 1.807) is 0 Å². The minimum atomic E-state index is -0.509. The standard InChI is InChI=1S/C15H20BrNO3/c1-10-7-11(16)5-6-12(10)15(8-19-9-15)17-13(18)20-14(2,3)4/h5-7H,8-9H2,1-4H3,(H,17,18). The minimum absolute atomic E-state index is 0.414. The number of ether oxygens (including phenoxy) is 2. The predicted octanol–water partition coefficient (Wildman–Crippen LogP) is 3.51. The normalized spacial score (nSPS) is 17.2. The van der Waals surface area contributed by atoms with Gasteiger partial charge < -0.3 is 14.8 Å². The number of hydrogen-bond acceptors (Lipinski definition) is 3. The van der Waals surface area contributed by atoms with Crippen LogP contribution in [0.3, 0.4) is 0 Å². The highest BCUT2D eigenvalue weighted by atomic mass is 79.9. The van der Waals surface area contributed by atoms with Crippen LogP contribution in [-0.4, -0.2) is 24.9 Å². The molecule has 4 nitrogen and oxygen atoms in total. The zero-order valence-electron chi connectivity index (χ0n) is 12.2. The van der Waals surface area contributed by atoms with Crippen LogP contribution in [0.4, 0.5) is 4.79 Å². The van der Waals surface area contributed by atoms with Gasteiger partial charge in [0.15, 0.2) is 0 Å². The second-order valence-corrected chi connectivity index (χ2v) is 7.08. The molecular weight excluding hydrogens is 322 g/mol. The number of rotatable bonds is 2. The molecule has 1 aliphatic heterocycles.